The van der Waals surface area contributed by atoms with Crippen LogP contribution in [0.2, 0.25) is 0 Å². The van der Waals surface area contributed by atoms with Crippen molar-refractivity contribution in [1.82, 2.24) is 0 Å². The Kier molecular flexibility index (Phi) is 3.05. The normalized spacial score (nSPS) is 10.4. The second-order valence-corrected chi connectivity index (χ2v) is 4.43. The summed E-state index contributed by atoms with van der Waals surface area (Å²) in [7, 11) is 0. The minimum atomic E-state index is 0.650. The zero-order valence-electron chi connectivity index (χ0n) is 10.6. The van der Waals surface area contributed by atoms with Crippen molar-refractivity contribution in [3.8, 4) is 0 Å². The van der Waals surface area contributed by atoms with Crippen molar-refractivity contribution in [2.24, 2.45) is 0 Å². The topological polar surface area (TPSA) is 58.2 Å². The molecule has 0 bridgehead atoms. The summed E-state index contributed by atoms with van der Waals surface area (Å²) in [6, 6.07) is 15.5. The lowest BCUT2D eigenvalue weighted by atomic mass is 10.0. The predicted molar refractivity (Wildman–Crippen MR) is 80.8 cm³/mol. The Morgan fingerprint density at radius 1 is 0.700 bits per heavy atom. The van der Waals surface area contributed by atoms with E-state index in [1.165, 1.54) is 0 Å². The summed E-state index contributed by atoms with van der Waals surface area (Å²) in [6.45, 7) is 0. The number of fused-ring (bicyclic) bond motifs is 2. The Balaban J connectivity index is 2.38. The van der Waals surface area contributed by atoms with Crippen LogP contribution in [0, 0.1) is 0 Å². The second kappa shape index (κ2) is 5.01. The van der Waals surface area contributed by atoms with Crippen molar-refractivity contribution in [3.63, 3.8) is 0 Å². The van der Waals surface area contributed by atoms with Gasteiger partial charge in [0.05, 0.1) is 0 Å². The molecule has 0 atom stereocenters. The minimum Gasteiger partial charge on any atom is -0.328 e. The van der Waals surface area contributed by atoms with E-state index in [1.54, 1.807) is 12.1 Å². The van der Waals surface area contributed by atoms with E-state index in [1.807, 2.05) is 36.4 Å². The van der Waals surface area contributed by atoms with Gasteiger partial charge in [-0.2, -0.15) is 0 Å². The van der Waals surface area contributed by atoms with Crippen molar-refractivity contribution in [2.75, 3.05) is 10.6 Å². The van der Waals surface area contributed by atoms with Gasteiger partial charge in [0.15, 0.2) is 0 Å². The molecular formula is C16H12N2O2. The molecule has 0 saturated heterocycles. The number of amides is 2. The van der Waals surface area contributed by atoms with Crippen molar-refractivity contribution in [1.29, 1.82) is 0 Å². The molecule has 0 heterocycles. The first-order valence-electron chi connectivity index (χ1n) is 6.19. The molecule has 0 aromatic heterocycles. The summed E-state index contributed by atoms with van der Waals surface area (Å²) in [5, 5.41) is 9.32. The molecule has 4 nitrogen and oxygen atoms in total. The fourth-order valence-corrected chi connectivity index (χ4v) is 2.41. The van der Waals surface area contributed by atoms with E-state index in [0.29, 0.717) is 12.8 Å². The first-order valence-corrected chi connectivity index (χ1v) is 6.19. The molecule has 3 rings (SSSR count). The van der Waals surface area contributed by atoms with Gasteiger partial charge >= 0.3 is 0 Å². The van der Waals surface area contributed by atoms with Gasteiger partial charge in [0.2, 0.25) is 12.8 Å². The second-order valence-electron chi connectivity index (χ2n) is 4.43. The Labute approximate surface area is 115 Å². The molecule has 2 amide bonds. The van der Waals surface area contributed by atoms with Crippen molar-refractivity contribution in [2.45, 2.75) is 0 Å². The third-order valence-electron chi connectivity index (χ3n) is 3.31. The van der Waals surface area contributed by atoms with E-state index in [-0.39, 0.29) is 0 Å². The van der Waals surface area contributed by atoms with Gasteiger partial charge in [-0.1, -0.05) is 24.3 Å². The lowest BCUT2D eigenvalue weighted by molar-refractivity contribution is -0.106. The van der Waals surface area contributed by atoms with Gasteiger partial charge in [-0.3, -0.25) is 9.59 Å². The van der Waals surface area contributed by atoms with Crippen LogP contribution in [0.5, 0.6) is 0 Å². The van der Waals surface area contributed by atoms with Gasteiger partial charge in [0.25, 0.3) is 0 Å². The van der Waals surface area contributed by atoms with Crippen LogP contribution in [0.25, 0.3) is 21.5 Å². The average molecular weight is 264 g/mol. The molecule has 3 aromatic rings. The molecule has 4 heteroatoms. The van der Waals surface area contributed by atoms with E-state index < -0.39 is 0 Å². The highest BCUT2D eigenvalue weighted by Crippen LogP contribution is 2.33. The van der Waals surface area contributed by atoms with Crippen molar-refractivity contribution >= 4 is 45.7 Å². The minimum absolute atomic E-state index is 0.650. The maximum absolute atomic E-state index is 10.7. The maximum atomic E-state index is 10.7. The molecule has 0 fully saturated rings. The van der Waals surface area contributed by atoms with Crippen LogP contribution in [0.15, 0.2) is 48.5 Å². The zero-order valence-corrected chi connectivity index (χ0v) is 10.6. The lowest BCUT2D eigenvalue weighted by Crippen LogP contribution is -1.99. The molecule has 0 spiro atoms. The molecule has 20 heavy (non-hydrogen) atoms. The number of hydrogen-bond donors (Lipinski definition) is 2. The summed E-state index contributed by atoms with van der Waals surface area (Å²) >= 11 is 0. The number of hydrogen-bond acceptors (Lipinski definition) is 2. The van der Waals surface area contributed by atoms with Crippen molar-refractivity contribution < 1.29 is 9.59 Å². The van der Waals surface area contributed by atoms with Crippen LogP contribution < -0.4 is 10.6 Å². The van der Waals surface area contributed by atoms with Gasteiger partial charge in [0, 0.05) is 22.1 Å². The molecule has 0 unspecified atom stereocenters. The number of carbonyl (C=O) groups excluding carboxylic acids is 2. The van der Waals surface area contributed by atoms with Crippen LogP contribution in [0.3, 0.4) is 0 Å². The van der Waals surface area contributed by atoms with E-state index in [4.69, 9.17) is 0 Å². The fraction of sp³-hybridized carbons (Fsp3) is 0. The summed E-state index contributed by atoms with van der Waals surface area (Å²) in [4.78, 5) is 21.4. The highest BCUT2D eigenvalue weighted by atomic mass is 16.1. The summed E-state index contributed by atoms with van der Waals surface area (Å²) < 4.78 is 0. The third kappa shape index (κ3) is 1.97. The molecule has 3 aromatic carbocycles. The van der Waals surface area contributed by atoms with E-state index in [2.05, 4.69) is 10.6 Å². The maximum Gasteiger partial charge on any atom is 0.211 e. The summed E-state index contributed by atoms with van der Waals surface area (Å²) in [5.74, 6) is 0. The molecule has 2 N–H and O–H groups in total. The Hall–Kier alpha value is -2.88. The van der Waals surface area contributed by atoms with E-state index in [0.717, 1.165) is 32.9 Å². The van der Waals surface area contributed by atoms with Crippen LogP contribution >= 0.6 is 0 Å². The predicted octanol–water partition coefficient (Wildman–Crippen LogP) is 3.13. The Bertz CT molecular complexity index is 744. The average Bonchev–Trinajstić information content (AvgIpc) is 2.48. The number of benzene rings is 3. The third-order valence-corrected chi connectivity index (χ3v) is 3.31. The molecule has 0 aliphatic heterocycles. The van der Waals surface area contributed by atoms with Crippen LogP contribution in [0.1, 0.15) is 0 Å². The zero-order chi connectivity index (χ0) is 13.9. The highest BCUT2D eigenvalue weighted by Gasteiger charge is 2.07. The van der Waals surface area contributed by atoms with E-state index >= 15 is 0 Å². The van der Waals surface area contributed by atoms with Gasteiger partial charge in [0.1, 0.15) is 0 Å². The highest BCUT2D eigenvalue weighted by molar-refractivity contribution is 6.11. The number of nitrogens with one attached hydrogen (secondary N) is 2. The van der Waals surface area contributed by atoms with Gasteiger partial charge in [-0.25, -0.2) is 0 Å². The molecule has 0 saturated carbocycles. The standard InChI is InChI=1S/C16H12N2O2/c19-9-17-15-5-6-16(18-10-20)14-8-12-4-2-1-3-11(12)7-13(14)15/h1-10H,(H,17,19)(H,18,20). The SMILES string of the molecule is O=CNc1ccc(NC=O)c2cc3ccccc3cc12. The number of carbonyl (C=O) groups is 2. The molecule has 0 aliphatic rings. The fourth-order valence-electron chi connectivity index (χ4n) is 2.41. The number of rotatable bonds is 4. The summed E-state index contributed by atoms with van der Waals surface area (Å²) in [6.07, 6.45) is 1.30. The molecular weight excluding hydrogens is 252 g/mol. The van der Waals surface area contributed by atoms with Gasteiger partial charge in [-0.05, 0) is 35.0 Å². The van der Waals surface area contributed by atoms with Crippen LogP contribution in [-0.2, 0) is 9.59 Å². The van der Waals surface area contributed by atoms with Gasteiger partial charge < -0.3 is 10.6 Å². The lowest BCUT2D eigenvalue weighted by Gasteiger charge is -2.11. The molecule has 0 aliphatic carbocycles. The summed E-state index contributed by atoms with van der Waals surface area (Å²) in [5.41, 5.74) is 1.44. The molecule has 98 valence electrons. The first kappa shape index (κ1) is 12.2. The van der Waals surface area contributed by atoms with Crippen LogP contribution in [0.4, 0.5) is 11.4 Å². The van der Waals surface area contributed by atoms with Gasteiger partial charge in [-0.15, -0.1) is 0 Å². The smallest absolute Gasteiger partial charge is 0.211 e. The Morgan fingerprint density at radius 2 is 1.15 bits per heavy atom. The van der Waals surface area contributed by atoms with Crippen LogP contribution in [-0.4, -0.2) is 12.8 Å². The molecule has 0 radical (unpaired) electrons. The monoisotopic (exact) mass is 264 g/mol. The quantitative estimate of drug-likeness (QED) is 0.562. The number of anilines is 2. The van der Waals surface area contributed by atoms with Crippen molar-refractivity contribution in [3.05, 3.63) is 48.5 Å². The van der Waals surface area contributed by atoms with E-state index in [9.17, 15) is 9.59 Å². The first-order chi connectivity index (χ1) is 9.83. The largest absolute Gasteiger partial charge is 0.328 e. The Morgan fingerprint density at radius 3 is 1.55 bits per heavy atom.